The van der Waals surface area contributed by atoms with Crippen LogP contribution in [0.2, 0.25) is 0 Å². The summed E-state index contributed by atoms with van der Waals surface area (Å²) in [4.78, 5) is 27.7. The number of hydrogen-bond acceptors (Lipinski definition) is 3. The molecule has 29 heavy (non-hydrogen) atoms. The number of aryl methyl sites for hydroxylation is 1. The molecule has 0 radical (unpaired) electrons. The molecular formula is C24H28FNO3. The number of ketones is 1. The molecule has 2 atom stereocenters. The summed E-state index contributed by atoms with van der Waals surface area (Å²) in [5, 5.41) is 9.76. The van der Waals surface area contributed by atoms with Crippen LogP contribution < -0.4 is 0 Å². The van der Waals surface area contributed by atoms with E-state index >= 15 is 0 Å². The topological polar surface area (TPSA) is 57.6 Å². The van der Waals surface area contributed by atoms with E-state index in [-0.39, 0.29) is 42.9 Å². The summed E-state index contributed by atoms with van der Waals surface area (Å²) in [6.07, 6.45) is 0.306. The molecule has 1 N–H and O–H groups in total. The molecule has 1 fully saturated rings. The Morgan fingerprint density at radius 2 is 1.76 bits per heavy atom. The van der Waals surface area contributed by atoms with Gasteiger partial charge in [-0.3, -0.25) is 9.59 Å². The lowest BCUT2D eigenvalue weighted by molar-refractivity contribution is -0.138. The second-order valence-electron chi connectivity index (χ2n) is 8.59. The zero-order valence-corrected chi connectivity index (χ0v) is 17.2. The molecule has 1 amide bonds. The maximum absolute atomic E-state index is 13.2. The van der Waals surface area contributed by atoms with Crippen LogP contribution in [0.4, 0.5) is 4.39 Å². The first-order chi connectivity index (χ1) is 13.7. The Morgan fingerprint density at radius 3 is 2.34 bits per heavy atom. The van der Waals surface area contributed by atoms with Gasteiger partial charge >= 0.3 is 0 Å². The Labute approximate surface area is 171 Å². The molecule has 1 aliphatic heterocycles. The number of benzene rings is 2. The summed E-state index contributed by atoms with van der Waals surface area (Å²) >= 11 is 0. The molecule has 2 aromatic rings. The van der Waals surface area contributed by atoms with E-state index in [4.69, 9.17) is 0 Å². The number of hydrogen-bond donors (Lipinski definition) is 1. The summed E-state index contributed by atoms with van der Waals surface area (Å²) in [6, 6.07) is 13.9. The molecule has 3 rings (SSSR count). The summed E-state index contributed by atoms with van der Waals surface area (Å²) in [5.74, 6) is -1.05. The van der Waals surface area contributed by atoms with Crippen LogP contribution in [0.1, 0.15) is 42.9 Å². The fourth-order valence-electron chi connectivity index (χ4n) is 3.95. The maximum atomic E-state index is 13.2. The second kappa shape index (κ2) is 8.46. The molecule has 0 saturated carbocycles. The maximum Gasteiger partial charge on any atom is 0.227 e. The van der Waals surface area contributed by atoms with E-state index in [1.165, 1.54) is 12.1 Å². The molecule has 1 saturated heterocycles. The van der Waals surface area contributed by atoms with E-state index in [0.717, 1.165) is 16.7 Å². The molecule has 5 heteroatoms. The van der Waals surface area contributed by atoms with Gasteiger partial charge in [0.05, 0.1) is 18.1 Å². The SMILES string of the molecule is Cc1ccc([C@@H]2CN(C(C)(C)CO)C(=O)[C@H]2CC(=O)Cc2ccc(F)cc2)cc1. The molecular weight excluding hydrogens is 369 g/mol. The minimum absolute atomic E-state index is 0.0456. The number of halogens is 1. The first-order valence-corrected chi connectivity index (χ1v) is 9.96. The summed E-state index contributed by atoms with van der Waals surface area (Å²) < 4.78 is 13.1. The van der Waals surface area contributed by atoms with Crippen molar-refractivity contribution in [3.63, 3.8) is 0 Å². The number of carbonyl (C=O) groups is 2. The van der Waals surface area contributed by atoms with Crippen molar-refractivity contribution in [3.8, 4) is 0 Å². The highest BCUT2D eigenvalue weighted by molar-refractivity contribution is 5.90. The Hall–Kier alpha value is -2.53. The van der Waals surface area contributed by atoms with Crippen molar-refractivity contribution in [2.45, 2.75) is 45.1 Å². The van der Waals surface area contributed by atoms with Gasteiger partial charge in [0.2, 0.25) is 5.91 Å². The number of likely N-dealkylation sites (tertiary alicyclic amines) is 1. The smallest absolute Gasteiger partial charge is 0.227 e. The molecule has 0 aliphatic carbocycles. The van der Waals surface area contributed by atoms with Crippen LogP contribution in [0.3, 0.4) is 0 Å². The molecule has 0 bridgehead atoms. The van der Waals surface area contributed by atoms with Gasteiger partial charge in [0.25, 0.3) is 0 Å². The number of nitrogens with zero attached hydrogens (tertiary/aromatic N) is 1. The van der Waals surface area contributed by atoms with Gasteiger partial charge in [0, 0.05) is 25.3 Å². The van der Waals surface area contributed by atoms with Gasteiger partial charge in [-0.15, -0.1) is 0 Å². The van der Waals surface area contributed by atoms with Gasteiger partial charge in [-0.2, -0.15) is 0 Å². The monoisotopic (exact) mass is 397 g/mol. The first-order valence-electron chi connectivity index (χ1n) is 9.96. The molecule has 0 aromatic heterocycles. The standard InChI is InChI=1S/C24H28FNO3/c1-16-4-8-18(9-5-16)22-14-26(24(2,3)15-27)23(29)21(22)13-20(28)12-17-6-10-19(25)11-7-17/h4-11,21-22,27H,12-15H2,1-3H3/t21-,22-/m0/s1. The zero-order chi connectivity index (χ0) is 21.2. The van der Waals surface area contributed by atoms with Gasteiger partial charge in [-0.1, -0.05) is 42.0 Å². The van der Waals surface area contributed by atoms with E-state index in [9.17, 15) is 19.1 Å². The number of Topliss-reactive ketones (excluding diaryl/α,β-unsaturated/α-hetero) is 1. The van der Waals surface area contributed by atoms with Gasteiger partial charge in [-0.25, -0.2) is 4.39 Å². The van der Waals surface area contributed by atoms with E-state index in [1.807, 2.05) is 45.0 Å². The van der Waals surface area contributed by atoms with Crippen LogP contribution in [0.15, 0.2) is 48.5 Å². The highest BCUT2D eigenvalue weighted by Crippen LogP contribution is 2.39. The number of rotatable bonds is 7. The van der Waals surface area contributed by atoms with Crippen molar-refractivity contribution >= 4 is 11.7 Å². The molecule has 1 heterocycles. The van der Waals surface area contributed by atoms with E-state index < -0.39 is 11.5 Å². The normalized spacial score (nSPS) is 19.6. The third-order valence-electron chi connectivity index (χ3n) is 5.83. The predicted molar refractivity (Wildman–Crippen MR) is 110 cm³/mol. The Bertz CT molecular complexity index is 874. The minimum atomic E-state index is -0.686. The van der Waals surface area contributed by atoms with Gasteiger partial charge in [-0.05, 0) is 44.0 Å². The van der Waals surface area contributed by atoms with Gasteiger partial charge in [0.1, 0.15) is 11.6 Å². The first kappa shape index (κ1) is 21.2. The van der Waals surface area contributed by atoms with Crippen LogP contribution in [-0.2, 0) is 16.0 Å². The van der Waals surface area contributed by atoms with E-state index in [1.54, 1.807) is 17.0 Å². The lowest BCUT2D eigenvalue weighted by Gasteiger charge is -2.34. The molecule has 0 spiro atoms. The number of amides is 1. The average Bonchev–Trinajstić information content (AvgIpc) is 3.01. The highest BCUT2D eigenvalue weighted by atomic mass is 19.1. The number of aliphatic hydroxyl groups excluding tert-OH is 1. The number of carbonyl (C=O) groups excluding carboxylic acids is 2. The van der Waals surface area contributed by atoms with Gasteiger partial charge < -0.3 is 10.0 Å². The fourth-order valence-corrected chi connectivity index (χ4v) is 3.95. The lowest BCUT2D eigenvalue weighted by Crippen LogP contribution is -2.48. The Balaban J connectivity index is 1.83. The van der Waals surface area contributed by atoms with Crippen LogP contribution in [0, 0.1) is 18.7 Å². The second-order valence-corrected chi connectivity index (χ2v) is 8.59. The van der Waals surface area contributed by atoms with Crippen LogP contribution in [-0.4, -0.2) is 40.4 Å². The summed E-state index contributed by atoms with van der Waals surface area (Å²) in [7, 11) is 0. The van der Waals surface area contributed by atoms with E-state index in [2.05, 4.69) is 0 Å². The number of aliphatic hydroxyl groups is 1. The summed E-state index contributed by atoms with van der Waals surface area (Å²) in [6.45, 7) is 6.01. The Kier molecular flexibility index (Phi) is 6.18. The Morgan fingerprint density at radius 1 is 1.14 bits per heavy atom. The van der Waals surface area contributed by atoms with Crippen molar-refractivity contribution in [2.75, 3.05) is 13.2 Å². The molecule has 154 valence electrons. The third-order valence-corrected chi connectivity index (χ3v) is 5.83. The minimum Gasteiger partial charge on any atom is -0.394 e. The van der Waals surface area contributed by atoms with Crippen LogP contribution in [0.5, 0.6) is 0 Å². The van der Waals surface area contributed by atoms with Crippen LogP contribution in [0.25, 0.3) is 0 Å². The third kappa shape index (κ3) is 4.73. The van der Waals surface area contributed by atoms with Crippen LogP contribution >= 0.6 is 0 Å². The van der Waals surface area contributed by atoms with Crippen molar-refractivity contribution in [1.29, 1.82) is 0 Å². The quantitative estimate of drug-likeness (QED) is 0.776. The summed E-state index contributed by atoms with van der Waals surface area (Å²) in [5.41, 5.74) is 2.21. The average molecular weight is 397 g/mol. The molecule has 1 aliphatic rings. The van der Waals surface area contributed by atoms with Crippen molar-refractivity contribution in [3.05, 3.63) is 71.0 Å². The fraction of sp³-hybridized carbons (Fsp3) is 0.417. The molecule has 2 aromatic carbocycles. The zero-order valence-electron chi connectivity index (χ0n) is 17.2. The predicted octanol–water partition coefficient (Wildman–Crippen LogP) is 3.65. The van der Waals surface area contributed by atoms with Crippen molar-refractivity contribution in [2.24, 2.45) is 5.92 Å². The van der Waals surface area contributed by atoms with Crippen molar-refractivity contribution in [1.82, 2.24) is 4.90 Å². The lowest BCUT2D eigenvalue weighted by atomic mass is 9.84. The highest BCUT2D eigenvalue weighted by Gasteiger charge is 2.46. The van der Waals surface area contributed by atoms with E-state index in [0.29, 0.717) is 6.54 Å². The van der Waals surface area contributed by atoms with Gasteiger partial charge in [0.15, 0.2) is 0 Å². The largest absolute Gasteiger partial charge is 0.394 e. The molecule has 0 unspecified atom stereocenters. The van der Waals surface area contributed by atoms with Crippen molar-refractivity contribution < 1.29 is 19.1 Å². The molecule has 4 nitrogen and oxygen atoms in total.